The number of thiazole rings is 1. The molecular weight excluding hydrogens is 260 g/mol. The van der Waals surface area contributed by atoms with Crippen LogP contribution in [0.5, 0.6) is 0 Å². The van der Waals surface area contributed by atoms with Gasteiger partial charge in [0.2, 0.25) is 0 Å². The monoisotopic (exact) mass is 276 g/mol. The first-order valence-corrected chi connectivity index (χ1v) is 6.80. The summed E-state index contributed by atoms with van der Waals surface area (Å²) < 4.78 is 0. The van der Waals surface area contributed by atoms with E-state index in [1.165, 1.54) is 11.3 Å². The van der Waals surface area contributed by atoms with Gasteiger partial charge in [-0.2, -0.15) is 0 Å². The number of nitrogen functional groups attached to an aromatic ring is 1. The Hall–Kier alpha value is -1.92. The Balaban J connectivity index is 2.11. The number of hydrogen-bond acceptors (Lipinski definition) is 5. The van der Waals surface area contributed by atoms with Crippen molar-refractivity contribution in [1.29, 1.82) is 0 Å². The summed E-state index contributed by atoms with van der Waals surface area (Å²) in [6, 6.07) is 6.93. The molecule has 1 amide bonds. The molecular formula is C13H16N4OS. The van der Waals surface area contributed by atoms with Crippen molar-refractivity contribution < 1.29 is 4.79 Å². The number of hydrazine groups is 1. The lowest BCUT2D eigenvalue weighted by Gasteiger charge is -2.03. The lowest BCUT2D eigenvalue weighted by molar-refractivity contribution is 0.102. The van der Waals surface area contributed by atoms with Gasteiger partial charge >= 0.3 is 0 Å². The highest BCUT2D eigenvalue weighted by Gasteiger charge is 2.10. The summed E-state index contributed by atoms with van der Waals surface area (Å²) in [5, 5.41) is 3.45. The third kappa shape index (κ3) is 3.10. The summed E-state index contributed by atoms with van der Waals surface area (Å²) >= 11 is 1.49. The molecule has 0 aliphatic heterocycles. The van der Waals surface area contributed by atoms with Gasteiger partial charge in [0.25, 0.3) is 5.91 Å². The molecule has 100 valence electrons. The second kappa shape index (κ2) is 5.81. The van der Waals surface area contributed by atoms with Crippen LogP contribution in [-0.2, 0) is 6.42 Å². The Bertz CT molecular complexity index is 577. The molecule has 4 N–H and O–H groups in total. The molecule has 0 unspecified atom stereocenters. The summed E-state index contributed by atoms with van der Waals surface area (Å²) in [5.74, 6) is 5.11. The third-order valence-corrected chi connectivity index (χ3v) is 3.69. The quantitative estimate of drug-likeness (QED) is 0.592. The number of carbonyl (C=O) groups excluding carboxylic acids is 1. The van der Waals surface area contributed by atoms with Gasteiger partial charge in [0.15, 0.2) is 5.13 Å². The van der Waals surface area contributed by atoms with Crippen molar-refractivity contribution in [3.63, 3.8) is 0 Å². The molecule has 0 saturated heterocycles. The molecule has 0 saturated carbocycles. The predicted molar refractivity (Wildman–Crippen MR) is 78.4 cm³/mol. The number of rotatable bonds is 4. The number of aryl methyl sites for hydroxylation is 2. The molecule has 19 heavy (non-hydrogen) atoms. The maximum atomic E-state index is 12.0. The second-order valence-corrected chi connectivity index (χ2v) is 5.25. The number of anilines is 2. The van der Waals surface area contributed by atoms with E-state index in [0.29, 0.717) is 10.7 Å². The first-order chi connectivity index (χ1) is 9.13. The van der Waals surface area contributed by atoms with Crippen molar-refractivity contribution in [3.8, 4) is 0 Å². The summed E-state index contributed by atoms with van der Waals surface area (Å²) in [4.78, 5) is 17.5. The Morgan fingerprint density at radius 3 is 2.58 bits per heavy atom. The summed E-state index contributed by atoms with van der Waals surface area (Å²) in [6.07, 6.45) is 0.870. The fraction of sp³-hybridized carbons (Fsp3) is 0.231. The van der Waals surface area contributed by atoms with Gasteiger partial charge in [-0.1, -0.05) is 6.92 Å². The molecule has 2 rings (SSSR count). The van der Waals surface area contributed by atoms with Crippen molar-refractivity contribution in [3.05, 3.63) is 40.4 Å². The fourth-order valence-corrected chi connectivity index (χ4v) is 2.59. The van der Waals surface area contributed by atoms with Crippen LogP contribution >= 0.6 is 11.3 Å². The minimum Gasteiger partial charge on any atom is -0.324 e. The Kier molecular flexibility index (Phi) is 4.13. The van der Waals surface area contributed by atoms with Crippen molar-refractivity contribution >= 4 is 28.1 Å². The van der Waals surface area contributed by atoms with Gasteiger partial charge in [0.05, 0.1) is 5.69 Å². The van der Waals surface area contributed by atoms with E-state index in [9.17, 15) is 4.79 Å². The normalized spacial score (nSPS) is 10.3. The lowest BCUT2D eigenvalue weighted by atomic mass is 10.2. The average molecular weight is 276 g/mol. The number of aromatic nitrogens is 1. The number of carbonyl (C=O) groups is 1. The second-order valence-electron chi connectivity index (χ2n) is 4.05. The third-order valence-electron chi connectivity index (χ3n) is 2.76. The summed E-state index contributed by atoms with van der Waals surface area (Å²) in [5.41, 5.74) is 4.88. The highest BCUT2D eigenvalue weighted by Crippen LogP contribution is 2.23. The minimum absolute atomic E-state index is 0.167. The van der Waals surface area contributed by atoms with Gasteiger partial charge < -0.3 is 5.43 Å². The molecule has 0 aliphatic carbocycles. The summed E-state index contributed by atoms with van der Waals surface area (Å²) in [7, 11) is 0. The fourth-order valence-electron chi connectivity index (χ4n) is 1.70. The molecule has 1 heterocycles. The number of nitrogens with two attached hydrogens (primary N) is 1. The highest BCUT2D eigenvalue weighted by atomic mass is 32.1. The van der Waals surface area contributed by atoms with Crippen LogP contribution in [0.4, 0.5) is 10.8 Å². The van der Waals surface area contributed by atoms with Gasteiger partial charge in [0, 0.05) is 16.1 Å². The van der Waals surface area contributed by atoms with Crippen LogP contribution in [-0.4, -0.2) is 10.9 Å². The Morgan fingerprint density at radius 2 is 2.05 bits per heavy atom. The zero-order valence-electron chi connectivity index (χ0n) is 10.9. The largest absolute Gasteiger partial charge is 0.324 e. The standard InChI is InChI=1S/C13H16N4OS/c1-3-11-8(2)19-13(15-11)16-12(18)9-4-6-10(17-14)7-5-9/h4-7,17H,3,14H2,1-2H3,(H,15,16,18). The van der Waals surface area contributed by atoms with Crippen LogP contribution < -0.4 is 16.6 Å². The van der Waals surface area contributed by atoms with Gasteiger partial charge in [-0.3, -0.25) is 16.0 Å². The van der Waals surface area contributed by atoms with E-state index in [-0.39, 0.29) is 5.91 Å². The summed E-state index contributed by atoms with van der Waals surface area (Å²) in [6.45, 7) is 4.06. The maximum Gasteiger partial charge on any atom is 0.257 e. The molecule has 0 bridgehead atoms. The number of amides is 1. The SMILES string of the molecule is CCc1nc(NC(=O)c2ccc(NN)cc2)sc1C. The Labute approximate surface area is 115 Å². The van der Waals surface area contributed by atoms with Crippen LogP contribution in [0.15, 0.2) is 24.3 Å². The van der Waals surface area contributed by atoms with Gasteiger partial charge in [0.1, 0.15) is 0 Å². The number of benzene rings is 1. The first-order valence-electron chi connectivity index (χ1n) is 5.98. The zero-order chi connectivity index (χ0) is 13.8. The smallest absolute Gasteiger partial charge is 0.257 e. The predicted octanol–water partition coefficient (Wildman–Crippen LogP) is 2.55. The van der Waals surface area contributed by atoms with Gasteiger partial charge in [-0.15, -0.1) is 11.3 Å². The maximum absolute atomic E-state index is 12.0. The van der Waals surface area contributed by atoms with E-state index in [4.69, 9.17) is 5.84 Å². The van der Waals surface area contributed by atoms with Crippen molar-refractivity contribution in [2.75, 3.05) is 10.7 Å². The topological polar surface area (TPSA) is 80.0 Å². The van der Waals surface area contributed by atoms with E-state index in [0.717, 1.165) is 22.7 Å². The van der Waals surface area contributed by atoms with Crippen LogP contribution in [0.25, 0.3) is 0 Å². The van der Waals surface area contributed by atoms with Crippen LogP contribution in [0.3, 0.4) is 0 Å². The highest BCUT2D eigenvalue weighted by molar-refractivity contribution is 7.15. The number of nitrogens with one attached hydrogen (secondary N) is 2. The van der Waals surface area contributed by atoms with Crippen LogP contribution in [0.2, 0.25) is 0 Å². The molecule has 0 atom stereocenters. The molecule has 6 heteroatoms. The van der Waals surface area contributed by atoms with E-state index < -0.39 is 0 Å². The molecule has 5 nitrogen and oxygen atoms in total. The molecule has 2 aromatic rings. The van der Waals surface area contributed by atoms with E-state index in [1.807, 2.05) is 13.8 Å². The number of nitrogens with zero attached hydrogens (tertiary/aromatic N) is 1. The molecule has 0 aliphatic rings. The van der Waals surface area contributed by atoms with Gasteiger partial charge in [-0.05, 0) is 37.6 Å². The van der Waals surface area contributed by atoms with Crippen molar-refractivity contribution in [1.82, 2.24) is 4.98 Å². The van der Waals surface area contributed by atoms with E-state index in [2.05, 4.69) is 15.7 Å². The molecule has 0 radical (unpaired) electrons. The zero-order valence-corrected chi connectivity index (χ0v) is 11.7. The average Bonchev–Trinajstić information content (AvgIpc) is 2.78. The lowest BCUT2D eigenvalue weighted by Crippen LogP contribution is -2.12. The molecule has 1 aromatic heterocycles. The molecule has 1 aromatic carbocycles. The van der Waals surface area contributed by atoms with Gasteiger partial charge in [-0.25, -0.2) is 4.98 Å². The minimum atomic E-state index is -0.167. The van der Waals surface area contributed by atoms with Crippen LogP contribution in [0, 0.1) is 6.92 Å². The Morgan fingerprint density at radius 1 is 1.37 bits per heavy atom. The van der Waals surface area contributed by atoms with Crippen LogP contribution in [0.1, 0.15) is 27.9 Å². The molecule has 0 spiro atoms. The van der Waals surface area contributed by atoms with E-state index in [1.54, 1.807) is 24.3 Å². The number of hydrogen-bond donors (Lipinski definition) is 3. The van der Waals surface area contributed by atoms with Crippen molar-refractivity contribution in [2.24, 2.45) is 5.84 Å². The van der Waals surface area contributed by atoms with E-state index >= 15 is 0 Å². The first kappa shape index (κ1) is 13.5. The van der Waals surface area contributed by atoms with Crippen molar-refractivity contribution in [2.45, 2.75) is 20.3 Å². The molecule has 0 fully saturated rings.